The van der Waals surface area contributed by atoms with Gasteiger partial charge in [0.25, 0.3) is 0 Å². The lowest BCUT2D eigenvalue weighted by Gasteiger charge is -2.13. The quantitative estimate of drug-likeness (QED) is 0.622. The van der Waals surface area contributed by atoms with Gasteiger partial charge < -0.3 is 10.3 Å². The molecule has 25 heavy (non-hydrogen) atoms. The number of nitrogens with one attached hydrogen (secondary N) is 2. The molecule has 0 unspecified atom stereocenters. The zero-order valence-electron chi connectivity index (χ0n) is 12.7. The van der Waals surface area contributed by atoms with Gasteiger partial charge in [0.05, 0.1) is 20.9 Å². The van der Waals surface area contributed by atoms with Crippen LogP contribution in [0.25, 0.3) is 10.9 Å². The van der Waals surface area contributed by atoms with Crippen molar-refractivity contribution in [1.82, 2.24) is 4.98 Å². The van der Waals surface area contributed by atoms with Gasteiger partial charge in [-0.1, -0.05) is 23.2 Å². The Bertz CT molecular complexity index is 1060. The Morgan fingerprint density at radius 2 is 1.68 bits per heavy atom. The first kappa shape index (κ1) is 17.4. The van der Waals surface area contributed by atoms with E-state index >= 15 is 0 Å². The third-order valence-corrected chi connectivity index (χ3v) is 4.17. The fourth-order valence-corrected chi connectivity index (χ4v) is 2.97. The average Bonchev–Trinajstić information content (AvgIpc) is 2.49. The number of hydrogen-bond donors (Lipinski definition) is 2. The summed E-state index contributed by atoms with van der Waals surface area (Å²) in [5, 5.41) is 3.06. The van der Waals surface area contributed by atoms with Crippen molar-refractivity contribution in [2.24, 2.45) is 0 Å². The van der Waals surface area contributed by atoms with Crippen LogP contribution in [-0.4, -0.2) is 10.8 Å². The molecule has 2 aromatic carbocycles. The molecule has 0 aliphatic carbocycles. The Hall–Kier alpha value is -2.44. The first-order valence-corrected chi connectivity index (χ1v) is 7.81. The first-order valence-electron chi connectivity index (χ1n) is 7.06. The van der Waals surface area contributed by atoms with Gasteiger partial charge in [-0.15, -0.1) is 0 Å². The summed E-state index contributed by atoms with van der Waals surface area (Å²) in [6, 6.07) is 5.68. The molecule has 0 spiro atoms. The lowest BCUT2D eigenvalue weighted by Crippen LogP contribution is -2.18. The van der Waals surface area contributed by atoms with Gasteiger partial charge in [-0.2, -0.15) is 0 Å². The van der Waals surface area contributed by atoms with Crippen molar-refractivity contribution in [3.05, 3.63) is 67.8 Å². The largest absolute Gasteiger partial charge is 0.341 e. The van der Waals surface area contributed by atoms with E-state index in [9.17, 15) is 18.4 Å². The van der Waals surface area contributed by atoms with Gasteiger partial charge in [-0.3, -0.25) is 9.59 Å². The maximum absolute atomic E-state index is 13.4. The number of H-pyrrole nitrogens is 1. The van der Waals surface area contributed by atoms with E-state index in [2.05, 4.69) is 10.3 Å². The van der Waals surface area contributed by atoms with E-state index < -0.39 is 22.8 Å². The van der Waals surface area contributed by atoms with Gasteiger partial charge in [0.1, 0.15) is 23.0 Å². The molecule has 0 bridgehead atoms. The van der Waals surface area contributed by atoms with Gasteiger partial charge in [-0.05, 0) is 31.2 Å². The van der Waals surface area contributed by atoms with Crippen molar-refractivity contribution in [2.45, 2.75) is 6.92 Å². The number of halogens is 4. The SMILES string of the molecule is CC(=O)c1c(Nc2cc(F)cc(F)c2)[nH]c2c(Cl)ccc(Cl)c2c1=O. The number of hydrogen-bond acceptors (Lipinski definition) is 3. The number of aromatic nitrogens is 1. The molecule has 0 saturated carbocycles. The van der Waals surface area contributed by atoms with Crippen LogP contribution in [-0.2, 0) is 0 Å². The third kappa shape index (κ3) is 3.23. The maximum Gasteiger partial charge on any atom is 0.203 e. The second-order valence-corrected chi connectivity index (χ2v) is 6.14. The molecule has 128 valence electrons. The van der Waals surface area contributed by atoms with Crippen LogP contribution in [0.2, 0.25) is 10.0 Å². The van der Waals surface area contributed by atoms with E-state index in [0.29, 0.717) is 6.07 Å². The molecular formula is C17H10Cl2F2N2O2. The number of benzene rings is 2. The van der Waals surface area contributed by atoms with E-state index in [1.807, 2.05) is 0 Å². The highest BCUT2D eigenvalue weighted by Gasteiger charge is 2.19. The molecule has 3 aromatic rings. The van der Waals surface area contributed by atoms with Crippen LogP contribution in [0.1, 0.15) is 17.3 Å². The molecule has 1 heterocycles. The van der Waals surface area contributed by atoms with Crippen molar-refractivity contribution in [3.8, 4) is 0 Å². The van der Waals surface area contributed by atoms with Crippen LogP contribution in [0.15, 0.2) is 35.1 Å². The highest BCUT2D eigenvalue weighted by Crippen LogP contribution is 2.29. The molecule has 0 radical (unpaired) electrons. The number of aromatic amines is 1. The third-order valence-electron chi connectivity index (χ3n) is 3.54. The smallest absolute Gasteiger partial charge is 0.203 e. The van der Waals surface area contributed by atoms with Crippen molar-refractivity contribution >= 4 is 51.4 Å². The molecule has 3 rings (SSSR count). The molecular weight excluding hydrogens is 373 g/mol. The lowest BCUT2D eigenvalue weighted by atomic mass is 10.1. The van der Waals surface area contributed by atoms with Crippen LogP contribution in [0.3, 0.4) is 0 Å². The molecule has 0 amide bonds. The first-order chi connectivity index (χ1) is 11.8. The summed E-state index contributed by atoms with van der Waals surface area (Å²) >= 11 is 12.2. The minimum absolute atomic E-state index is 0.0214. The van der Waals surface area contributed by atoms with Crippen molar-refractivity contribution in [1.29, 1.82) is 0 Å². The van der Waals surface area contributed by atoms with Crippen molar-refractivity contribution in [3.63, 3.8) is 0 Å². The van der Waals surface area contributed by atoms with E-state index in [0.717, 1.165) is 12.1 Å². The van der Waals surface area contributed by atoms with Gasteiger partial charge in [-0.25, -0.2) is 8.78 Å². The van der Waals surface area contributed by atoms with E-state index in [-0.39, 0.29) is 38.0 Å². The summed E-state index contributed by atoms with van der Waals surface area (Å²) in [5.41, 5.74) is -0.619. The fraction of sp³-hybridized carbons (Fsp3) is 0.0588. The number of carbonyl (C=O) groups excluding carboxylic acids is 1. The van der Waals surface area contributed by atoms with Gasteiger partial charge in [0.2, 0.25) is 5.43 Å². The van der Waals surface area contributed by atoms with Crippen LogP contribution in [0.4, 0.5) is 20.3 Å². The van der Waals surface area contributed by atoms with E-state index in [1.165, 1.54) is 19.1 Å². The molecule has 8 heteroatoms. The Balaban J connectivity index is 2.30. The minimum atomic E-state index is -0.809. The molecule has 0 aliphatic heterocycles. The zero-order chi connectivity index (χ0) is 18.3. The van der Waals surface area contributed by atoms with Crippen LogP contribution < -0.4 is 10.7 Å². The molecule has 0 atom stereocenters. The predicted octanol–water partition coefficient (Wildman–Crippen LogP) is 5.06. The topological polar surface area (TPSA) is 62.0 Å². The summed E-state index contributed by atoms with van der Waals surface area (Å²) in [7, 11) is 0. The monoisotopic (exact) mass is 382 g/mol. The van der Waals surface area contributed by atoms with Crippen molar-refractivity contribution < 1.29 is 13.6 Å². The Morgan fingerprint density at radius 3 is 2.28 bits per heavy atom. The number of fused-ring (bicyclic) bond motifs is 1. The van der Waals surface area contributed by atoms with Gasteiger partial charge in [0.15, 0.2) is 5.78 Å². The molecule has 0 aliphatic rings. The van der Waals surface area contributed by atoms with Crippen LogP contribution in [0, 0.1) is 11.6 Å². The summed E-state index contributed by atoms with van der Waals surface area (Å²) in [4.78, 5) is 27.5. The Morgan fingerprint density at radius 1 is 1.08 bits per heavy atom. The molecule has 0 fully saturated rings. The lowest BCUT2D eigenvalue weighted by molar-refractivity contribution is 0.101. The number of rotatable bonds is 3. The molecule has 4 nitrogen and oxygen atoms in total. The number of Topliss-reactive ketones (excluding diaryl/α,β-unsaturated/α-hetero) is 1. The van der Waals surface area contributed by atoms with Gasteiger partial charge in [0, 0.05) is 11.8 Å². The zero-order valence-corrected chi connectivity index (χ0v) is 14.2. The number of anilines is 2. The highest BCUT2D eigenvalue weighted by atomic mass is 35.5. The summed E-state index contributed by atoms with van der Waals surface area (Å²) in [6.45, 7) is 1.20. The molecule has 0 saturated heterocycles. The molecule has 2 N–H and O–H groups in total. The normalized spacial score (nSPS) is 10.9. The minimum Gasteiger partial charge on any atom is -0.341 e. The van der Waals surface area contributed by atoms with Crippen LogP contribution >= 0.6 is 23.2 Å². The fourth-order valence-electron chi connectivity index (χ4n) is 2.52. The Kier molecular flexibility index (Phi) is 4.49. The van der Waals surface area contributed by atoms with Crippen LogP contribution in [0.5, 0.6) is 0 Å². The summed E-state index contributed by atoms with van der Waals surface area (Å²) in [6.07, 6.45) is 0. The summed E-state index contributed by atoms with van der Waals surface area (Å²) < 4.78 is 26.8. The second-order valence-electron chi connectivity index (χ2n) is 5.32. The highest BCUT2D eigenvalue weighted by molar-refractivity contribution is 6.40. The number of ketones is 1. The standard InChI is InChI=1S/C17H10Cl2F2N2O2/c1-7(24)13-16(25)14-11(18)2-3-12(19)15(14)23-17(13)22-10-5-8(20)4-9(21)6-10/h2-6H,1H3,(H2,22,23,25). The summed E-state index contributed by atoms with van der Waals surface area (Å²) in [5.74, 6) is -2.19. The average molecular weight is 383 g/mol. The number of pyridine rings is 1. The number of carbonyl (C=O) groups is 1. The second kappa shape index (κ2) is 6.46. The molecule has 1 aromatic heterocycles. The van der Waals surface area contributed by atoms with Crippen molar-refractivity contribution in [2.75, 3.05) is 5.32 Å². The Labute approximate surface area is 150 Å². The van der Waals surface area contributed by atoms with Gasteiger partial charge >= 0.3 is 0 Å². The van der Waals surface area contributed by atoms with E-state index in [4.69, 9.17) is 23.2 Å². The predicted molar refractivity (Wildman–Crippen MR) is 94.2 cm³/mol. The van der Waals surface area contributed by atoms with E-state index in [1.54, 1.807) is 0 Å². The maximum atomic E-state index is 13.4.